The van der Waals surface area contributed by atoms with Crippen LogP contribution in [-0.2, 0) is 9.53 Å². The molecule has 0 saturated heterocycles. The zero-order chi connectivity index (χ0) is 13.0. The molecule has 5 heteroatoms. The SMILES string of the molecule is COC(=O)[C@H]1CCC[C@@H](NC(=O)c2ccoc2)C1. The molecule has 0 unspecified atom stereocenters. The van der Waals surface area contributed by atoms with E-state index in [9.17, 15) is 9.59 Å². The summed E-state index contributed by atoms with van der Waals surface area (Å²) in [6.45, 7) is 0. The first-order chi connectivity index (χ1) is 8.70. The molecule has 0 bridgehead atoms. The first-order valence-electron chi connectivity index (χ1n) is 6.11. The van der Waals surface area contributed by atoms with Gasteiger partial charge in [0.1, 0.15) is 6.26 Å². The smallest absolute Gasteiger partial charge is 0.308 e. The minimum atomic E-state index is -0.183. The third-order valence-electron chi connectivity index (χ3n) is 3.33. The van der Waals surface area contributed by atoms with Crippen molar-refractivity contribution >= 4 is 11.9 Å². The Bertz CT molecular complexity index is 413. The number of hydrogen-bond acceptors (Lipinski definition) is 4. The molecule has 1 heterocycles. The van der Waals surface area contributed by atoms with Crippen molar-refractivity contribution in [1.29, 1.82) is 0 Å². The molecule has 0 aliphatic heterocycles. The van der Waals surface area contributed by atoms with Crippen LogP contribution in [0.25, 0.3) is 0 Å². The standard InChI is InChI=1S/C13H17NO4/c1-17-13(16)9-3-2-4-11(7-9)14-12(15)10-5-6-18-8-10/h5-6,8-9,11H,2-4,7H2,1H3,(H,14,15)/t9-,11+/m0/s1. The maximum absolute atomic E-state index is 11.8. The number of rotatable bonds is 3. The van der Waals surface area contributed by atoms with Crippen LogP contribution in [0.2, 0.25) is 0 Å². The molecule has 2 atom stereocenters. The quantitative estimate of drug-likeness (QED) is 0.831. The molecule has 98 valence electrons. The fourth-order valence-electron chi connectivity index (χ4n) is 2.36. The fraction of sp³-hybridized carbons (Fsp3) is 0.538. The van der Waals surface area contributed by atoms with Gasteiger partial charge in [0.15, 0.2) is 0 Å². The van der Waals surface area contributed by atoms with Crippen LogP contribution >= 0.6 is 0 Å². The van der Waals surface area contributed by atoms with Crippen LogP contribution in [0.5, 0.6) is 0 Å². The lowest BCUT2D eigenvalue weighted by molar-refractivity contribution is -0.146. The minimum Gasteiger partial charge on any atom is -0.472 e. The van der Waals surface area contributed by atoms with Gasteiger partial charge in [0, 0.05) is 6.04 Å². The second-order valence-electron chi connectivity index (χ2n) is 4.57. The van der Waals surface area contributed by atoms with Crippen molar-refractivity contribution in [3.05, 3.63) is 24.2 Å². The average molecular weight is 251 g/mol. The molecule has 1 aromatic heterocycles. The van der Waals surface area contributed by atoms with Gasteiger partial charge in [0.25, 0.3) is 5.91 Å². The Kier molecular flexibility index (Phi) is 4.02. The van der Waals surface area contributed by atoms with Crippen molar-refractivity contribution < 1.29 is 18.7 Å². The van der Waals surface area contributed by atoms with Gasteiger partial charge in [-0.25, -0.2) is 0 Å². The van der Waals surface area contributed by atoms with Gasteiger partial charge in [-0.05, 0) is 25.3 Å². The number of esters is 1. The molecule has 1 aliphatic carbocycles. The van der Waals surface area contributed by atoms with Gasteiger partial charge < -0.3 is 14.5 Å². The van der Waals surface area contributed by atoms with Crippen LogP contribution in [0, 0.1) is 5.92 Å². The zero-order valence-corrected chi connectivity index (χ0v) is 10.3. The number of methoxy groups -OCH3 is 1. The number of hydrogen-bond donors (Lipinski definition) is 1. The molecule has 1 amide bonds. The summed E-state index contributed by atoms with van der Waals surface area (Å²) in [6, 6.07) is 1.65. The van der Waals surface area contributed by atoms with Crippen LogP contribution in [-0.4, -0.2) is 25.0 Å². The van der Waals surface area contributed by atoms with Crippen molar-refractivity contribution in [3.63, 3.8) is 0 Å². The fourth-order valence-corrected chi connectivity index (χ4v) is 2.36. The Morgan fingerprint density at radius 3 is 2.94 bits per heavy atom. The predicted octanol–water partition coefficient (Wildman–Crippen LogP) is 1.74. The summed E-state index contributed by atoms with van der Waals surface area (Å²) < 4.78 is 9.62. The molecule has 2 rings (SSSR count). The van der Waals surface area contributed by atoms with Gasteiger partial charge in [0.05, 0.1) is 24.9 Å². The van der Waals surface area contributed by atoms with Crippen LogP contribution < -0.4 is 5.32 Å². The summed E-state index contributed by atoms with van der Waals surface area (Å²) in [6.07, 6.45) is 6.19. The highest BCUT2D eigenvalue weighted by Gasteiger charge is 2.28. The summed E-state index contributed by atoms with van der Waals surface area (Å²) in [7, 11) is 1.40. The topological polar surface area (TPSA) is 68.5 Å². The van der Waals surface area contributed by atoms with Crippen molar-refractivity contribution in [1.82, 2.24) is 5.32 Å². The summed E-state index contributed by atoms with van der Waals surface area (Å²) >= 11 is 0. The molecule has 1 saturated carbocycles. The summed E-state index contributed by atoms with van der Waals surface area (Å²) in [5.41, 5.74) is 0.509. The number of carbonyl (C=O) groups is 2. The molecule has 1 aliphatic rings. The Morgan fingerprint density at radius 2 is 2.28 bits per heavy atom. The van der Waals surface area contributed by atoms with Crippen molar-refractivity contribution in [2.45, 2.75) is 31.7 Å². The lowest BCUT2D eigenvalue weighted by Gasteiger charge is -2.27. The van der Waals surface area contributed by atoms with Crippen LogP contribution in [0.3, 0.4) is 0 Å². The van der Waals surface area contributed by atoms with Gasteiger partial charge in [-0.15, -0.1) is 0 Å². The molecule has 5 nitrogen and oxygen atoms in total. The van der Waals surface area contributed by atoms with E-state index >= 15 is 0 Å². The molecular formula is C13H17NO4. The first kappa shape index (κ1) is 12.7. The van der Waals surface area contributed by atoms with Crippen LogP contribution in [0.4, 0.5) is 0 Å². The molecular weight excluding hydrogens is 234 g/mol. The highest BCUT2D eigenvalue weighted by Crippen LogP contribution is 2.25. The predicted molar refractivity (Wildman–Crippen MR) is 63.9 cm³/mol. The normalized spacial score (nSPS) is 23.4. The molecule has 1 N–H and O–H groups in total. The highest BCUT2D eigenvalue weighted by molar-refractivity contribution is 5.94. The van der Waals surface area contributed by atoms with E-state index in [-0.39, 0.29) is 23.8 Å². The summed E-state index contributed by atoms with van der Waals surface area (Å²) in [5, 5.41) is 2.92. The maximum atomic E-state index is 11.8. The van der Waals surface area contributed by atoms with Gasteiger partial charge >= 0.3 is 5.97 Å². The lowest BCUT2D eigenvalue weighted by Crippen LogP contribution is -2.40. The van der Waals surface area contributed by atoms with E-state index in [1.165, 1.54) is 19.6 Å². The van der Waals surface area contributed by atoms with E-state index in [4.69, 9.17) is 9.15 Å². The second-order valence-corrected chi connectivity index (χ2v) is 4.57. The van der Waals surface area contributed by atoms with E-state index in [1.54, 1.807) is 6.07 Å². The second kappa shape index (κ2) is 5.71. The third-order valence-corrected chi connectivity index (χ3v) is 3.33. The molecule has 1 aromatic rings. The van der Waals surface area contributed by atoms with Crippen LogP contribution in [0.15, 0.2) is 23.0 Å². The van der Waals surface area contributed by atoms with E-state index < -0.39 is 0 Å². The Labute approximate surface area is 105 Å². The molecule has 0 spiro atoms. The van der Waals surface area contributed by atoms with Crippen molar-refractivity contribution in [2.24, 2.45) is 5.92 Å². The minimum absolute atomic E-state index is 0.0326. The number of carbonyl (C=O) groups excluding carboxylic acids is 2. The Hall–Kier alpha value is -1.78. The number of amides is 1. The van der Waals surface area contributed by atoms with Crippen molar-refractivity contribution in [3.8, 4) is 0 Å². The summed E-state index contributed by atoms with van der Waals surface area (Å²) in [4.78, 5) is 23.3. The van der Waals surface area contributed by atoms with Crippen LogP contribution in [0.1, 0.15) is 36.0 Å². The third kappa shape index (κ3) is 2.91. The van der Waals surface area contributed by atoms with Crippen molar-refractivity contribution in [2.75, 3.05) is 7.11 Å². The van der Waals surface area contributed by atoms with Gasteiger partial charge in [-0.2, -0.15) is 0 Å². The van der Waals surface area contributed by atoms with E-state index in [0.717, 1.165) is 19.3 Å². The summed E-state index contributed by atoms with van der Waals surface area (Å²) in [5.74, 6) is -0.435. The lowest BCUT2D eigenvalue weighted by atomic mass is 9.85. The van der Waals surface area contributed by atoms with E-state index in [0.29, 0.717) is 12.0 Å². The molecule has 1 fully saturated rings. The van der Waals surface area contributed by atoms with Gasteiger partial charge in [-0.1, -0.05) is 6.42 Å². The molecule has 0 radical (unpaired) electrons. The van der Waals surface area contributed by atoms with E-state index in [2.05, 4.69) is 5.32 Å². The molecule has 18 heavy (non-hydrogen) atoms. The number of nitrogens with one attached hydrogen (secondary N) is 1. The highest BCUT2D eigenvalue weighted by atomic mass is 16.5. The van der Waals surface area contributed by atoms with E-state index in [1.807, 2.05) is 0 Å². The zero-order valence-electron chi connectivity index (χ0n) is 10.3. The average Bonchev–Trinajstić information content (AvgIpc) is 2.92. The largest absolute Gasteiger partial charge is 0.472 e. The Morgan fingerprint density at radius 1 is 1.44 bits per heavy atom. The molecule has 0 aromatic carbocycles. The monoisotopic (exact) mass is 251 g/mol. The van der Waals surface area contributed by atoms with Gasteiger partial charge in [-0.3, -0.25) is 9.59 Å². The number of furan rings is 1. The Balaban J connectivity index is 1.90. The van der Waals surface area contributed by atoms with Gasteiger partial charge in [0.2, 0.25) is 0 Å². The number of ether oxygens (including phenoxy) is 1. The maximum Gasteiger partial charge on any atom is 0.308 e. The first-order valence-corrected chi connectivity index (χ1v) is 6.11.